The molecule has 1 aromatic heterocycles. The van der Waals surface area contributed by atoms with Crippen molar-refractivity contribution >= 4 is 52.1 Å². The maximum Gasteiger partial charge on any atom is 0.309 e. The number of hydrogen-bond donors (Lipinski definition) is 0. The van der Waals surface area contributed by atoms with Crippen LogP contribution in [0.25, 0.3) is 6.08 Å². The van der Waals surface area contributed by atoms with Gasteiger partial charge in [-0.2, -0.15) is 5.26 Å². The number of carbonyl (C=O) groups excluding carboxylic acids is 2. The van der Waals surface area contributed by atoms with Crippen molar-refractivity contribution in [1.29, 1.82) is 5.26 Å². The van der Waals surface area contributed by atoms with Gasteiger partial charge < -0.3 is 9.64 Å². The van der Waals surface area contributed by atoms with E-state index in [2.05, 4.69) is 24.8 Å². The van der Waals surface area contributed by atoms with Gasteiger partial charge in [0, 0.05) is 31.7 Å². The maximum absolute atomic E-state index is 13.6. The maximum atomic E-state index is 13.6. The van der Waals surface area contributed by atoms with Crippen molar-refractivity contribution in [3.05, 3.63) is 31.9 Å². The van der Waals surface area contributed by atoms with Crippen molar-refractivity contribution in [2.75, 3.05) is 31.1 Å². The summed E-state index contributed by atoms with van der Waals surface area (Å²) in [5, 5.41) is 9.91. The molecule has 1 aromatic rings. The number of esters is 1. The smallest absolute Gasteiger partial charge is 0.309 e. The molecule has 0 aliphatic carbocycles. The minimum atomic E-state index is -0.323. The molecule has 40 heavy (non-hydrogen) atoms. The first-order valence-corrected chi connectivity index (χ1v) is 15.8. The number of pyridine rings is 1. The van der Waals surface area contributed by atoms with Gasteiger partial charge in [-0.05, 0) is 57.1 Å². The predicted molar refractivity (Wildman–Crippen MR) is 165 cm³/mol. The fourth-order valence-electron chi connectivity index (χ4n) is 5.47. The van der Waals surface area contributed by atoms with Gasteiger partial charge >= 0.3 is 5.97 Å². The van der Waals surface area contributed by atoms with Gasteiger partial charge in [0.2, 0.25) is 0 Å². The number of nitriles is 1. The number of anilines is 1. The quantitative estimate of drug-likeness (QED) is 0.177. The zero-order chi connectivity index (χ0) is 29.4. The third-order valence-corrected chi connectivity index (χ3v) is 9.22. The molecule has 3 rings (SSSR count). The fraction of sp³-hybridized carbons (Fsp3) is 0.633. The van der Waals surface area contributed by atoms with E-state index < -0.39 is 0 Å². The molecule has 2 saturated heterocycles. The van der Waals surface area contributed by atoms with Crippen LogP contribution < -0.4 is 10.5 Å². The lowest BCUT2D eigenvalue weighted by atomic mass is 9.95. The molecule has 0 saturated carbocycles. The van der Waals surface area contributed by atoms with Crippen LogP contribution >= 0.6 is 24.0 Å². The SMILES string of the molecule is CCCCC(CC)CN1C(=O)/C(=C\c2c(C)c(C#N)c(=O)n(CCC)c2N2CCC(C(=O)OCC)CC2)SC1=S. The van der Waals surface area contributed by atoms with Gasteiger partial charge in [-0.1, -0.05) is 64.0 Å². The summed E-state index contributed by atoms with van der Waals surface area (Å²) in [7, 11) is 0. The minimum absolute atomic E-state index is 0.0888. The first-order valence-electron chi connectivity index (χ1n) is 14.6. The molecule has 2 aliphatic heterocycles. The van der Waals surface area contributed by atoms with Crippen LogP contribution in [0, 0.1) is 30.1 Å². The molecule has 1 atom stereocenters. The average Bonchev–Trinajstić information content (AvgIpc) is 3.21. The molecule has 0 bridgehead atoms. The van der Waals surface area contributed by atoms with Crippen LogP contribution in [0.3, 0.4) is 0 Å². The van der Waals surface area contributed by atoms with Crippen molar-refractivity contribution in [1.82, 2.24) is 9.47 Å². The Balaban J connectivity index is 2.05. The number of nitrogens with zero attached hydrogens (tertiary/aromatic N) is 4. The predicted octanol–water partition coefficient (Wildman–Crippen LogP) is 5.64. The Labute approximate surface area is 247 Å². The summed E-state index contributed by atoms with van der Waals surface area (Å²) in [6.45, 7) is 12.4. The summed E-state index contributed by atoms with van der Waals surface area (Å²) in [5.74, 6) is 0.600. The lowest BCUT2D eigenvalue weighted by Crippen LogP contribution is -2.41. The monoisotopic (exact) mass is 586 g/mol. The standard InChI is InChI=1S/C30H42N4O4S2/c1-6-10-11-21(8-3)19-34-28(36)25(40-30(34)39)17-23-20(5)24(18-31)27(35)33(14-7-2)26(23)32-15-12-22(13-16-32)29(37)38-9-4/h17,21-22H,6-16,19H2,1-5H3/b25-17+. The first-order chi connectivity index (χ1) is 19.2. The summed E-state index contributed by atoms with van der Waals surface area (Å²) in [4.78, 5) is 43.7. The van der Waals surface area contributed by atoms with E-state index in [-0.39, 0.29) is 28.9 Å². The summed E-state index contributed by atoms with van der Waals surface area (Å²) in [5.41, 5.74) is 1.02. The van der Waals surface area contributed by atoms with Crippen molar-refractivity contribution in [3.63, 3.8) is 0 Å². The highest BCUT2D eigenvalue weighted by Crippen LogP contribution is 2.37. The molecule has 218 valence electrons. The Morgan fingerprint density at radius 3 is 2.48 bits per heavy atom. The van der Waals surface area contributed by atoms with E-state index in [9.17, 15) is 19.6 Å². The summed E-state index contributed by atoms with van der Waals surface area (Å²) >= 11 is 6.92. The number of thioether (sulfide) groups is 1. The number of rotatable bonds is 12. The Bertz CT molecular complexity index is 1240. The minimum Gasteiger partial charge on any atom is -0.466 e. The van der Waals surface area contributed by atoms with Gasteiger partial charge in [0.1, 0.15) is 21.8 Å². The molecular weight excluding hydrogens is 544 g/mol. The number of unbranched alkanes of at least 4 members (excludes halogenated alkanes) is 1. The molecular formula is C30H42N4O4S2. The van der Waals surface area contributed by atoms with Crippen molar-refractivity contribution in [3.8, 4) is 6.07 Å². The fourth-order valence-corrected chi connectivity index (χ4v) is 6.72. The van der Waals surface area contributed by atoms with Crippen molar-refractivity contribution < 1.29 is 14.3 Å². The van der Waals surface area contributed by atoms with E-state index >= 15 is 0 Å². The Morgan fingerprint density at radius 1 is 1.20 bits per heavy atom. The molecule has 0 N–H and O–H groups in total. The average molecular weight is 587 g/mol. The van der Waals surface area contributed by atoms with E-state index in [1.165, 1.54) is 11.8 Å². The zero-order valence-electron chi connectivity index (χ0n) is 24.5. The summed E-state index contributed by atoms with van der Waals surface area (Å²) < 4.78 is 7.45. The Morgan fingerprint density at radius 2 is 1.90 bits per heavy atom. The number of amides is 1. The topological polar surface area (TPSA) is 95.6 Å². The third kappa shape index (κ3) is 6.98. The van der Waals surface area contributed by atoms with Crippen LogP contribution in [0.2, 0.25) is 0 Å². The molecule has 0 spiro atoms. The van der Waals surface area contributed by atoms with Gasteiger partial charge in [-0.15, -0.1) is 0 Å². The zero-order valence-corrected chi connectivity index (χ0v) is 26.1. The highest BCUT2D eigenvalue weighted by molar-refractivity contribution is 8.26. The molecule has 0 radical (unpaired) electrons. The third-order valence-electron chi connectivity index (χ3n) is 7.84. The summed E-state index contributed by atoms with van der Waals surface area (Å²) in [6.07, 6.45) is 8.01. The van der Waals surface area contributed by atoms with Gasteiger partial charge in [0.15, 0.2) is 0 Å². The normalized spacial score (nSPS) is 17.9. The van der Waals surface area contributed by atoms with Crippen LogP contribution in [-0.2, 0) is 20.9 Å². The Kier molecular flexibility index (Phi) is 11.8. The van der Waals surface area contributed by atoms with E-state index in [1.807, 2.05) is 13.0 Å². The number of hydrogen-bond acceptors (Lipinski definition) is 8. The van der Waals surface area contributed by atoms with E-state index in [1.54, 1.807) is 23.3 Å². The van der Waals surface area contributed by atoms with Gasteiger partial charge in [0.05, 0.1) is 17.4 Å². The van der Waals surface area contributed by atoms with Crippen LogP contribution in [0.15, 0.2) is 9.70 Å². The number of piperidine rings is 1. The summed E-state index contributed by atoms with van der Waals surface area (Å²) in [6, 6.07) is 2.11. The first kappa shape index (κ1) is 31.9. The second-order valence-corrected chi connectivity index (χ2v) is 12.2. The van der Waals surface area contributed by atoms with Crippen LogP contribution in [0.4, 0.5) is 5.82 Å². The number of thiocarbonyl (C=S) groups is 1. The molecule has 0 aromatic carbocycles. The molecule has 1 amide bonds. The number of carbonyl (C=O) groups is 2. The molecule has 2 aliphatic rings. The van der Waals surface area contributed by atoms with Gasteiger partial charge in [-0.3, -0.25) is 23.9 Å². The van der Waals surface area contributed by atoms with Gasteiger partial charge in [0.25, 0.3) is 11.5 Å². The molecule has 8 nitrogen and oxygen atoms in total. The van der Waals surface area contributed by atoms with Crippen LogP contribution in [-0.4, -0.2) is 51.9 Å². The van der Waals surface area contributed by atoms with E-state index in [0.29, 0.717) is 84.1 Å². The second kappa shape index (κ2) is 14.8. The van der Waals surface area contributed by atoms with Crippen LogP contribution in [0.5, 0.6) is 0 Å². The highest BCUT2D eigenvalue weighted by Gasteiger charge is 2.35. The lowest BCUT2D eigenvalue weighted by Gasteiger charge is -2.35. The van der Waals surface area contributed by atoms with Gasteiger partial charge in [-0.25, -0.2) is 0 Å². The van der Waals surface area contributed by atoms with E-state index in [4.69, 9.17) is 17.0 Å². The van der Waals surface area contributed by atoms with Crippen molar-refractivity contribution in [2.24, 2.45) is 11.8 Å². The highest BCUT2D eigenvalue weighted by atomic mass is 32.2. The number of aromatic nitrogens is 1. The molecule has 1 unspecified atom stereocenters. The van der Waals surface area contributed by atoms with Crippen LogP contribution in [0.1, 0.15) is 89.3 Å². The second-order valence-electron chi connectivity index (χ2n) is 10.5. The molecule has 10 heteroatoms. The molecule has 2 fully saturated rings. The lowest BCUT2D eigenvalue weighted by molar-refractivity contribution is -0.148. The largest absolute Gasteiger partial charge is 0.466 e. The molecule has 3 heterocycles. The van der Waals surface area contributed by atoms with E-state index in [0.717, 1.165) is 25.7 Å². The number of ether oxygens (including phenoxy) is 1. The van der Waals surface area contributed by atoms with Crippen molar-refractivity contribution in [2.45, 2.75) is 86.1 Å². The Hall–Kier alpha value is -2.64.